The zero-order valence-corrected chi connectivity index (χ0v) is 7.85. The second kappa shape index (κ2) is 4.13. The second-order valence-electron chi connectivity index (χ2n) is 3.27. The van der Waals surface area contributed by atoms with Crippen LogP contribution in [0.25, 0.3) is 0 Å². The summed E-state index contributed by atoms with van der Waals surface area (Å²) in [5, 5.41) is 0. The third-order valence-electron chi connectivity index (χ3n) is 2.52. The Morgan fingerprint density at radius 2 is 2.45 bits per heavy atom. The summed E-state index contributed by atoms with van der Waals surface area (Å²) in [6.07, 6.45) is 3.24. The van der Waals surface area contributed by atoms with Gasteiger partial charge in [-0.1, -0.05) is 13.0 Å². The number of likely N-dealkylation sites (tertiary alicyclic amines) is 1. The first-order valence-corrected chi connectivity index (χ1v) is 4.74. The first-order valence-electron chi connectivity index (χ1n) is 4.20. The number of nitrogens with zero attached hydrogens (tertiary/aromatic N) is 1. The molecule has 1 nitrogen and oxygen atoms in total. The minimum Gasteiger partial charge on any atom is -0.295 e. The average Bonchev–Trinajstić information content (AvgIpc) is 2.33. The molecule has 2 heteroatoms. The molecule has 2 atom stereocenters. The van der Waals surface area contributed by atoms with E-state index in [0.717, 1.165) is 18.3 Å². The molecule has 2 unspecified atom stereocenters. The third kappa shape index (κ3) is 1.97. The van der Waals surface area contributed by atoms with Gasteiger partial charge in [0.2, 0.25) is 0 Å². The Morgan fingerprint density at radius 3 is 3.00 bits per heavy atom. The molecule has 0 aliphatic carbocycles. The van der Waals surface area contributed by atoms with Crippen LogP contribution in [0.15, 0.2) is 12.7 Å². The van der Waals surface area contributed by atoms with Crippen molar-refractivity contribution >= 4 is 11.6 Å². The largest absolute Gasteiger partial charge is 0.295 e. The van der Waals surface area contributed by atoms with E-state index in [1.807, 2.05) is 6.08 Å². The molecule has 0 aromatic heterocycles. The fourth-order valence-electron chi connectivity index (χ4n) is 1.73. The lowest BCUT2D eigenvalue weighted by Crippen LogP contribution is -2.33. The lowest BCUT2D eigenvalue weighted by atomic mass is 10.1. The lowest BCUT2D eigenvalue weighted by molar-refractivity contribution is 0.276. The summed E-state index contributed by atoms with van der Waals surface area (Å²) >= 11 is 5.86. The van der Waals surface area contributed by atoms with Gasteiger partial charge in [-0.25, -0.2) is 0 Å². The highest BCUT2D eigenvalue weighted by Gasteiger charge is 2.28. The summed E-state index contributed by atoms with van der Waals surface area (Å²) in [4.78, 5) is 2.41. The van der Waals surface area contributed by atoms with Crippen molar-refractivity contribution in [2.75, 3.05) is 19.0 Å². The lowest BCUT2D eigenvalue weighted by Gasteiger charge is -2.22. The smallest absolute Gasteiger partial charge is 0.0382 e. The van der Waals surface area contributed by atoms with Crippen LogP contribution in [0.1, 0.15) is 13.3 Å². The Labute approximate surface area is 74.0 Å². The van der Waals surface area contributed by atoms with Crippen LogP contribution < -0.4 is 0 Å². The summed E-state index contributed by atoms with van der Waals surface area (Å²) in [6.45, 7) is 8.18. The van der Waals surface area contributed by atoms with Crippen LogP contribution >= 0.6 is 11.6 Å². The third-order valence-corrected chi connectivity index (χ3v) is 2.84. The van der Waals surface area contributed by atoms with Crippen LogP contribution in [0.4, 0.5) is 0 Å². The SMILES string of the molecule is C=CCN1CCC(C)C1CCl. The van der Waals surface area contributed by atoms with Crippen molar-refractivity contribution < 1.29 is 0 Å². The summed E-state index contributed by atoms with van der Waals surface area (Å²) in [6, 6.07) is 0.578. The molecule has 0 radical (unpaired) electrons. The number of hydrogen-bond acceptors (Lipinski definition) is 1. The maximum atomic E-state index is 5.86. The Kier molecular flexibility index (Phi) is 3.41. The number of alkyl halides is 1. The van der Waals surface area contributed by atoms with Crippen LogP contribution in [-0.2, 0) is 0 Å². The summed E-state index contributed by atoms with van der Waals surface area (Å²) in [7, 11) is 0. The van der Waals surface area contributed by atoms with Crippen LogP contribution in [0.3, 0.4) is 0 Å². The van der Waals surface area contributed by atoms with E-state index in [-0.39, 0.29) is 0 Å². The topological polar surface area (TPSA) is 3.24 Å². The molecule has 64 valence electrons. The van der Waals surface area contributed by atoms with E-state index < -0.39 is 0 Å². The fourth-order valence-corrected chi connectivity index (χ4v) is 2.23. The Morgan fingerprint density at radius 1 is 1.73 bits per heavy atom. The molecule has 1 aliphatic rings. The highest BCUT2D eigenvalue weighted by molar-refractivity contribution is 6.18. The van der Waals surface area contributed by atoms with Gasteiger partial charge in [-0.3, -0.25) is 4.90 Å². The molecule has 0 bridgehead atoms. The Balaban J connectivity index is 2.46. The molecule has 0 aromatic rings. The van der Waals surface area contributed by atoms with Gasteiger partial charge in [0.25, 0.3) is 0 Å². The molecule has 0 aromatic carbocycles. The van der Waals surface area contributed by atoms with E-state index in [2.05, 4.69) is 18.4 Å². The number of rotatable bonds is 3. The van der Waals surface area contributed by atoms with Gasteiger partial charge in [0.15, 0.2) is 0 Å². The van der Waals surface area contributed by atoms with Gasteiger partial charge in [-0.2, -0.15) is 0 Å². The van der Waals surface area contributed by atoms with Crippen molar-refractivity contribution in [2.45, 2.75) is 19.4 Å². The van der Waals surface area contributed by atoms with Gasteiger partial charge in [-0.15, -0.1) is 18.2 Å². The second-order valence-corrected chi connectivity index (χ2v) is 3.58. The molecule has 0 N–H and O–H groups in total. The molecule has 1 saturated heterocycles. The van der Waals surface area contributed by atoms with Crippen LogP contribution in [0.5, 0.6) is 0 Å². The van der Waals surface area contributed by atoms with Gasteiger partial charge in [0.05, 0.1) is 0 Å². The van der Waals surface area contributed by atoms with Crippen molar-refractivity contribution in [3.05, 3.63) is 12.7 Å². The van der Waals surface area contributed by atoms with Crippen molar-refractivity contribution in [1.82, 2.24) is 4.90 Å². The Hall–Kier alpha value is -0.0100. The van der Waals surface area contributed by atoms with Crippen molar-refractivity contribution in [3.63, 3.8) is 0 Å². The molecule has 11 heavy (non-hydrogen) atoms. The zero-order chi connectivity index (χ0) is 8.27. The molecule has 0 saturated carbocycles. The van der Waals surface area contributed by atoms with E-state index in [9.17, 15) is 0 Å². The van der Waals surface area contributed by atoms with Gasteiger partial charge in [-0.05, 0) is 18.9 Å². The molecule has 0 spiro atoms. The molecular formula is C9H16ClN. The monoisotopic (exact) mass is 173 g/mol. The molecule has 1 fully saturated rings. The first-order chi connectivity index (χ1) is 5.29. The highest BCUT2D eigenvalue weighted by atomic mass is 35.5. The van der Waals surface area contributed by atoms with Gasteiger partial charge in [0, 0.05) is 18.5 Å². The molecule has 1 aliphatic heterocycles. The zero-order valence-electron chi connectivity index (χ0n) is 7.09. The minimum atomic E-state index is 0.578. The molecule has 1 rings (SSSR count). The quantitative estimate of drug-likeness (QED) is 0.467. The number of halogens is 1. The Bertz CT molecular complexity index is 136. The maximum Gasteiger partial charge on any atom is 0.0382 e. The normalized spacial score (nSPS) is 32.5. The van der Waals surface area contributed by atoms with Gasteiger partial charge >= 0.3 is 0 Å². The van der Waals surface area contributed by atoms with Crippen LogP contribution in [0, 0.1) is 5.92 Å². The maximum absolute atomic E-state index is 5.86. The summed E-state index contributed by atoms with van der Waals surface area (Å²) in [5.41, 5.74) is 0. The summed E-state index contributed by atoms with van der Waals surface area (Å²) < 4.78 is 0. The standard InChI is InChI=1S/C9H16ClN/c1-3-5-11-6-4-8(2)9(11)7-10/h3,8-9H,1,4-7H2,2H3. The fraction of sp³-hybridized carbons (Fsp3) is 0.778. The van der Waals surface area contributed by atoms with E-state index in [1.54, 1.807) is 0 Å². The predicted molar refractivity (Wildman–Crippen MR) is 50.1 cm³/mol. The van der Waals surface area contributed by atoms with E-state index >= 15 is 0 Å². The van der Waals surface area contributed by atoms with E-state index in [0.29, 0.717) is 6.04 Å². The van der Waals surface area contributed by atoms with E-state index in [4.69, 9.17) is 11.6 Å². The predicted octanol–water partition coefficient (Wildman–Crippen LogP) is 2.12. The van der Waals surface area contributed by atoms with E-state index in [1.165, 1.54) is 13.0 Å². The van der Waals surface area contributed by atoms with Gasteiger partial charge < -0.3 is 0 Å². The molecule has 1 heterocycles. The van der Waals surface area contributed by atoms with Crippen molar-refractivity contribution in [2.24, 2.45) is 5.92 Å². The average molecular weight is 174 g/mol. The first kappa shape index (κ1) is 9.08. The minimum absolute atomic E-state index is 0.578. The molecular weight excluding hydrogens is 158 g/mol. The summed E-state index contributed by atoms with van der Waals surface area (Å²) in [5.74, 6) is 1.52. The van der Waals surface area contributed by atoms with Crippen LogP contribution in [-0.4, -0.2) is 29.9 Å². The highest BCUT2D eigenvalue weighted by Crippen LogP contribution is 2.24. The van der Waals surface area contributed by atoms with Crippen molar-refractivity contribution in [3.8, 4) is 0 Å². The van der Waals surface area contributed by atoms with Gasteiger partial charge in [0.1, 0.15) is 0 Å². The van der Waals surface area contributed by atoms with Crippen molar-refractivity contribution in [1.29, 1.82) is 0 Å². The van der Waals surface area contributed by atoms with Crippen LogP contribution in [0.2, 0.25) is 0 Å². The number of hydrogen-bond donors (Lipinski definition) is 0. The molecule has 0 amide bonds.